The number of nitrogens with zero attached hydrogens (tertiary/aromatic N) is 3. The average Bonchev–Trinajstić information content (AvgIpc) is 2.76. The molecular weight excluding hydrogens is 341 g/mol. The third-order valence-electron chi connectivity index (χ3n) is 5.91. The molecule has 0 amide bonds. The molecule has 0 N–H and O–H groups in total. The van der Waals surface area contributed by atoms with Crippen LogP contribution >= 0.6 is 0 Å². The molecule has 4 rings (SSSR count). The van der Waals surface area contributed by atoms with E-state index in [2.05, 4.69) is 123 Å². The summed E-state index contributed by atoms with van der Waals surface area (Å²) >= 11 is 0. The van der Waals surface area contributed by atoms with Gasteiger partial charge in [-0.25, -0.2) is 4.57 Å². The topological polar surface area (TPSA) is 10.4 Å². The van der Waals surface area contributed by atoms with Crippen LogP contribution in [0, 0.1) is 0 Å². The van der Waals surface area contributed by atoms with E-state index < -0.39 is 0 Å². The molecule has 28 heavy (non-hydrogen) atoms. The molecule has 142 valence electrons. The van der Waals surface area contributed by atoms with Crippen molar-refractivity contribution >= 4 is 24.2 Å². The Kier molecular flexibility index (Phi) is 4.45. The van der Waals surface area contributed by atoms with Crippen LogP contribution in [-0.2, 0) is 12.5 Å². The Balaban J connectivity index is 1.99. The fourth-order valence-electron chi connectivity index (χ4n) is 4.07. The van der Waals surface area contributed by atoms with Crippen molar-refractivity contribution in [2.45, 2.75) is 33.0 Å². The molecule has 0 radical (unpaired) electrons. The quantitative estimate of drug-likeness (QED) is 0.432. The van der Waals surface area contributed by atoms with E-state index in [1.54, 1.807) is 0 Å². The molecule has 0 saturated heterocycles. The lowest BCUT2D eigenvalue weighted by Crippen LogP contribution is -2.51. The van der Waals surface area contributed by atoms with E-state index in [9.17, 15) is 0 Å². The molecule has 1 aliphatic heterocycles. The van der Waals surface area contributed by atoms with Gasteiger partial charge in [-0.05, 0) is 43.0 Å². The second kappa shape index (κ2) is 6.70. The lowest BCUT2D eigenvalue weighted by atomic mass is 9.74. The second-order valence-electron chi connectivity index (χ2n) is 8.78. The van der Waals surface area contributed by atoms with E-state index in [0.29, 0.717) is 0 Å². The number of rotatable bonds is 1. The average molecular weight is 370 g/mol. The van der Waals surface area contributed by atoms with Crippen molar-refractivity contribution in [3.63, 3.8) is 0 Å². The van der Waals surface area contributed by atoms with Gasteiger partial charge >= 0.3 is 6.98 Å². The molecule has 1 aliphatic rings. The van der Waals surface area contributed by atoms with Crippen LogP contribution in [-0.4, -0.2) is 14.0 Å². The lowest BCUT2D eigenvalue weighted by molar-refractivity contribution is -0.658. The molecule has 0 spiro atoms. The molecule has 0 atom stereocenters. The van der Waals surface area contributed by atoms with Gasteiger partial charge in [0.15, 0.2) is 0 Å². The van der Waals surface area contributed by atoms with Gasteiger partial charge in [-0.2, -0.15) is 0 Å². The van der Waals surface area contributed by atoms with Crippen LogP contribution in [0.2, 0.25) is 6.82 Å². The SMILES string of the molecule is CB1N(C)c2ccccc2-c2ccccc2N1c1cc(C(C)(C)C)cc[n+]1C. The molecule has 2 aromatic carbocycles. The van der Waals surface area contributed by atoms with Crippen LogP contribution < -0.4 is 14.2 Å². The van der Waals surface area contributed by atoms with Gasteiger partial charge in [0.05, 0.1) is 13.2 Å². The van der Waals surface area contributed by atoms with E-state index in [0.717, 1.165) is 0 Å². The maximum Gasteiger partial charge on any atom is 0.498 e. The van der Waals surface area contributed by atoms with Crippen molar-refractivity contribution in [1.29, 1.82) is 0 Å². The Hall–Kier alpha value is -2.75. The summed E-state index contributed by atoms with van der Waals surface area (Å²) in [4.78, 5) is 4.84. The van der Waals surface area contributed by atoms with Gasteiger partial charge in [-0.1, -0.05) is 57.2 Å². The summed E-state index contributed by atoms with van der Waals surface area (Å²) in [5, 5.41) is 0. The molecule has 3 aromatic rings. The van der Waals surface area contributed by atoms with Gasteiger partial charge < -0.3 is 4.81 Å². The molecular formula is C24H29BN3+. The minimum absolute atomic E-state index is 0.104. The fourth-order valence-corrected chi connectivity index (χ4v) is 4.07. The third-order valence-corrected chi connectivity index (χ3v) is 5.91. The molecule has 0 aliphatic carbocycles. The van der Waals surface area contributed by atoms with E-state index >= 15 is 0 Å². The largest absolute Gasteiger partial charge is 0.498 e. The minimum atomic E-state index is 0.104. The second-order valence-corrected chi connectivity index (χ2v) is 8.78. The maximum atomic E-state index is 2.46. The number of hydrogen-bond acceptors (Lipinski definition) is 2. The molecule has 4 heteroatoms. The summed E-state index contributed by atoms with van der Waals surface area (Å²) in [7, 11) is 4.32. The van der Waals surface area contributed by atoms with Crippen molar-refractivity contribution < 1.29 is 4.57 Å². The highest BCUT2D eigenvalue weighted by atomic mass is 15.3. The molecule has 0 saturated carbocycles. The van der Waals surface area contributed by atoms with Gasteiger partial charge in [-0.3, -0.25) is 4.81 Å². The van der Waals surface area contributed by atoms with Crippen molar-refractivity contribution in [1.82, 2.24) is 0 Å². The van der Waals surface area contributed by atoms with Gasteiger partial charge in [0.1, 0.15) is 5.69 Å². The van der Waals surface area contributed by atoms with Crippen LogP contribution in [0.1, 0.15) is 26.3 Å². The Morgan fingerprint density at radius 2 is 1.43 bits per heavy atom. The first-order chi connectivity index (χ1) is 13.3. The normalized spacial score (nSPS) is 13.9. The maximum absolute atomic E-state index is 2.46. The number of fused-ring (bicyclic) bond motifs is 3. The first kappa shape index (κ1) is 18.6. The van der Waals surface area contributed by atoms with Gasteiger partial charge in [-0.15, -0.1) is 0 Å². The summed E-state index contributed by atoms with van der Waals surface area (Å²) in [6, 6.07) is 22.0. The van der Waals surface area contributed by atoms with E-state index in [1.165, 1.54) is 33.9 Å². The zero-order valence-electron chi connectivity index (χ0n) is 17.8. The van der Waals surface area contributed by atoms with E-state index in [-0.39, 0.29) is 12.4 Å². The number of hydrogen-bond donors (Lipinski definition) is 0. The zero-order chi connectivity index (χ0) is 20.1. The number of anilines is 3. The zero-order valence-corrected chi connectivity index (χ0v) is 17.8. The highest BCUT2D eigenvalue weighted by molar-refractivity contribution is 6.68. The molecule has 0 fully saturated rings. The van der Waals surface area contributed by atoms with Crippen LogP contribution in [0.15, 0.2) is 66.9 Å². The van der Waals surface area contributed by atoms with Crippen molar-refractivity contribution in [2.24, 2.45) is 7.05 Å². The van der Waals surface area contributed by atoms with E-state index in [4.69, 9.17) is 0 Å². The highest BCUT2D eigenvalue weighted by Crippen LogP contribution is 2.43. The minimum Gasteiger partial charge on any atom is -0.377 e. The van der Waals surface area contributed by atoms with Crippen LogP contribution in [0.4, 0.5) is 17.2 Å². The molecule has 2 heterocycles. The predicted octanol–water partition coefficient (Wildman–Crippen LogP) is 5.18. The number of aryl methyl sites for hydroxylation is 1. The summed E-state index contributed by atoms with van der Waals surface area (Å²) in [5.41, 5.74) is 6.51. The first-order valence-corrected chi connectivity index (χ1v) is 9.99. The summed E-state index contributed by atoms with van der Waals surface area (Å²) in [6.07, 6.45) is 2.18. The molecule has 0 bridgehead atoms. The summed E-state index contributed by atoms with van der Waals surface area (Å²) in [6.45, 7) is 9.27. The van der Waals surface area contributed by atoms with Gasteiger partial charge in [0.2, 0.25) is 0 Å². The Labute approximate surface area is 169 Å². The van der Waals surface area contributed by atoms with Crippen molar-refractivity contribution in [3.8, 4) is 11.1 Å². The van der Waals surface area contributed by atoms with Gasteiger partial charge in [0.25, 0.3) is 5.82 Å². The summed E-state index contributed by atoms with van der Waals surface area (Å²) < 4.78 is 2.23. The van der Waals surface area contributed by atoms with E-state index in [1.807, 2.05) is 0 Å². The highest BCUT2D eigenvalue weighted by Gasteiger charge is 2.40. The standard InChI is InChI=1S/C24H29BN3/c1-24(2,3)18-15-16-26(5)23(17-18)28-22-14-10-8-12-20(22)19-11-7-9-13-21(19)27(6)25(28)4/h7-17H,1-6H3/q+1. The number of para-hydroxylation sites is 2. The number of pyridine rings is 1. The fraction of sp³-hybridized carbons (Fsp3) is 0.292. The van der Waals surface area contributed by atoms with Crippen LogP contribution in [0.3, 0.4) is 0 Å². The van der Waals surface area contributed by atoms with Crippen molar-refractivity contribution in [2.75, 3.05) is 16.7 Å². The smallest absolute Gasteiger partial charge is 0.377 e. The van der Waals surface area contributed by atoms with Crippen LogP contribution in [0.5, 0.6) is 0 Å². The predicted molar refractivity (Wildman–Crippen MR) is 120 cm³/mol. The van der Waals surface area contributed by atoms with Crippen LogP contribution in [0.25, 0.3) is 11.1 Å². The first-order valence-electron chi connectivity index (χ1n) is 9.99. The Morgan fingerprint density at radius 1 is 0.857 bits per heavy atom. The summed E-state index contributed by atoms with van der Waals surface area (Å²) in [5.74, 6) is 1.20. The Morgan fingerprint density at radius 3 is 2.07 bits per heavy atom. The monoisotopic (exact) mass is 370 g/mol. The lowest BCUT2D eigenvalue weighted by Gasteiger charge is -2.29. The number of aromatic nitrogens is 1. The third kappa shape index (κ3) is 2.97. The number of benzene rings is 2. The van der Waals surface area contributed by atoms with Gasteiger partial charge in [0, 0.05) is 22.9 Å². The Bertz CT molecular complexity index is 1020. The molecule has 3 nitrogen and oxygen atoms in total. The molecule has 1 aromatic heterocycles. The van der Waals surface area contributed by atoms with Crippen molar-refractivity contribution in [3.05, 3.63) is 72.4 Å². The molecule has 0 unspecified atom stereocenters.